The van der Waals surface area contributed by atoms with Crippen LogP contribution < -0.4 is 5.32 Å². The number of nitrogens with one attached hydrogen (secondary N) is 1. The molecular weight excluding hydrogens is 559 g/mol. The predicted octanol–water partition coefficient (Wildman–Crippen LogP) is 8.45. The van der Waals surface area contributed by atoms with Gasteiger partial charge in [-0.05, 0) is 76.8 Å². The van der Waals surface area contributed by atoms with Crippen molar-refractivity contribution in [2.75, 3.05) is 20.8 Å². The van der Waals surface area contributed by atoms with Gasteiger partial charge >= 0.3 is 13.9 Å². The lowest BCUT2D eigenvalue weighted by molar-refractivity contribution is 0.0386. The highest BCUT2D eigenvalue weighted by Gasteiger charge is 2.33. The maximum absolute atomic E-state index is 13.0. The van der Waals surface area contributed by atoms with Gasteiger partial charge in [0.25, 0.3) is 6.43 Å². The van der Waals surface area contributed by atoms with Crippen molar-refractivity contribution in [3.63, 3.8) is 0 Å². The fourth-order valence-corrected chi connectivity index (χ4v) is 5.50. The molecule has 2 aromatic rings. The molecule has 0 unspecified atom stereocenters. The zero-order valence-corrected chi connectivity index (χ0v) is 24.9. The number of aryl methyl sites for hydroxylation is 1. The molecule has 1 amide bonds. The summed E-state index contributed by atoms with van der Waals surface area (Å²) >= 11 is 7.87. The minimum Gasteiger partial charge on any atom is -0.444 e. The minimum atomic E-state index is -3.76. The second-order valence-electron chi connectivity index (χ2n) is 9.86. The number of carbonyl (C=O) groups excluding carboxylic acids is 1. The van der Waals surface area contributed by atoms with Crippen molar-refractivity contribution >= 4 is 37.3 Å². The van der Waals surface area contributed by atoms with Crippen LogP contribution in [0.2, 0.25) is 5.02 Å². The molecule has 0 saturated carbocycles. The number of alkyl carbamates (subject to hydrolysis) is 1. The first kappa shape index (κ1) is 32.5. The van der Waals surface area contributed by atoms with Gasteiger partial charge in [-0.2, -0.15) is 0 Å². The van der Waals surface area contributed by atoms with Crippen molar-refractivity contribution in [2.24, 2.45) is 0 Å². The third-order valence-corrected chi connectivity index (χ3v) is 8.01. The van der Waals surface area contributed by atoms with Crippen molar-refractivity contribution in [3.8, 4) is 0 Å². The zero-order valence-electron chi connectivity index (χ0n) is 22.4. The summed E-state index contributed by atoms with van der Waals surface area (Å²) in [5.74, 6) is 0. The van der Waals surface area contributed by atoms with Gasteiger partial charge < -0.3 is 10.1 Å². The molecule has 0 aliphatic carbocycles. The first-order valence-corrected chi connectivity index (χ1v) is 14.5. The summed E-state index contributed by atoms with van der Waals surface area (Å²) in [5.41, 5.74) is -0.796. The molecule has 12 heteroatoms. The van der Waals surface area contributed by atoms with Gasteiger partial charge in [0.1, 0.15) is 5.60 Å². The van der Waals surface area contributed by atoms with Crippen LogP contribution in [0, 0.1) is 0 Å². The summed E-state index contributed by atoms with van der Waals surface area (Å²) in [6.07, 6.45) is -1.54. The van der Waals surface area contributed by atoms with E-state index in [1.54, 1.807) is 45.9 Å². The first-order valence-electron chi connectivity index (χ1n) is 11.9. The van der Waals surface area contributed by atoms with Crippen LogP contribution in [0.4, 0.5) is 13.6 Å². The van der Waals surface area contributed by atoms with Crippen molar-refractivity contribution in [1.82, 2.24) is 5.32 Å². The van der Waals surface area contributed by atoms with Crippen LogP contribution in [0.15, 0.2) is 52.3 Å². The Morgan fingerprint density at radius 1 is 1.08 bits per heavy atom. The maximum atomic E-state index is 13.0. The second-order valence-corrected chi connectivity index (χ2v) is 13.3. The molecule has 0 spiro atoms. The van der Waals surface area contributed by atoms with Gasteiger partial charge in [-0.25, -0.2) is 18.1 Å². The molecule has 0 aliphatic rings. The van der Waals surface area contributed by atoms with Gasteiger partial charge in [-0.15, -0.1) is 0 Å². The molecule has 7 nitrogen and oxygen atoms in total. The first-order chi connectivity index (χ1) is 17.7. The lowest BCUT2D eigenvalue weighted by Crippen LogP contribution is -2.51. The molecule has 212 valence electrons. The van der Waals surface area contributed by atoms with Gasteiger partial charge in [-0.3, -0.25) is 13.6 Å². The number of phosphoric ester groups is 1. The smallest absolute Gasteiger partial charge is 0.444 e. The van der Waals surface area contributed by atoms with Crippen LogP contribution in [-0.2, 0) is 29.3 Å². The lowest BCUT2D eigenvalue weighted by atomic mass is 9.94. The number of ether oxygens (including phenoxy) is 1. The summed E-state index contributed by atoms with van der Waals surface area (Å²) < 4.78 is 58.9. The van der Waals surface area contributed by atoms with Gasteiger partial charge in [0, 0.05) is 34.6 Å². The highest BCUT2D eigenvalue weighted by molar-refractivity contribution is 7.99. The summed E-state index contributed by atoms with van der Waals surface area (Å²) in [7, 11) is -1.34. The number of hydrogen-bond donors (Lipinski definition) is 1. The van der Waals surface area contributed by atoms with Crippen molar-refractivity contribution in [1.29, 1.82) is 0 Å². The molecule has 0 bridgehead atoms. The molecule has 0 aromatic heterocycles. The fourth-order valence-electron chi connectivity index (χ4n) is 3.44. The molecule has 38 heavy (non-hydrogen) atoms. The fraction of sp³-hybridized carbons (Fsp3) is 0.500. The number of alkyl halides is 2. The largest absolute Gasteiger partial charge is 0.474 e. The third kappa shape index (κ3) is 10.8. The van der Waals surface area contributed by atoms with E-state index in [9.17, 15) is 18.1 Å². The molecule has 0 aliphatic heterocycles. The number of benzene rings is 2. The Morgan fingerprint density at radius 2 is 1.74 bits per heavy atom. The molecule has 2 aromatic carbocycles. The Morgan fingerprint density at radius 3 is 2.32 bits per heavy atom. The van der Waals surface area contributed by atoms with E-state index in [1.807, 2.05) is 12.1 Å². The van der Waals surface area contributed by atoms with Gasteiger partial charge in [0.05, 0.1) is 12.1 Å². The Hall–Kier alpha value is -1.68. The highest BCUT2D eigenvalue weighted by Crippen LogP contribution is 2.48. The van der Waals surface area contributed by atoms with E-state index in [4.69, 9.17) is 29.9 Å². The monoisotopic (exact) mass is 593 g/mol. The maximum Gasteiger partial charge on any atom is 0.474 e. The number of amides is 1. The van der Waals surface area contributed by atoms with E-state index in [0.29, 0.717) is 29.2 Å². The summed E-state index contributed by atoms with van der Waals surface area (Å²) in [4.78, 5) is 14.0. The van der Waals surface area contributed by atoms with Gasteiger partial charge in [0.2, 0.25) is 0 Å². The number of hydrogen-bond acceptors (Lipinski definition) is 7. The molecular formula is C26H35ClF2NO6PS. The molecule has 0 fully saturated rings. The summed E-state index contributed by atoms with van der Waals surface area (Å²) in [6, 6.07) is 11.8. The van der Waals surface area contributed by atoms with Gasteiger partial charge in [-0.1, -0.05) is 41.6 Å². The Bertz CT molecular complexity index is 1130. The average Bonchev–Trinajstić information content (AvgIpc) is 2.83. The predicted molar refractivity (Wildman–Crippen MR) is 145 cm³/mol. The molecule has 1 atom stereocenters. The van der Waals surface area contributed by atoms with Gasteiger partial charge in [0.15, 0.2) is 0 Å². The van der Waals surface area contributed by atoms with Crippen molar-refractivity contribution in [3.05, 3.63) is 58.6 Å². The summed E-state index contributed by atoms with van der Waals surface area (Å²) in [5, 5.41) is 3.36. The van der Waals surface area contributed by atoms with Crippen LogP contribution in [-0.4, -0.2) is 38.1 Å². The molecule has 2 rings (SSSR count). The minimum absolute atomic E-state index is 0.0305. The van der Waals surface area contributed by atoms with Crippen LogP contribution >= 0.6 is 31.2 Å². The van der Waals surface area contributed by atoms with Crippen LogP contribution in [0.25, 0.3) is 0 Å². The topological polar surface area (TPSA) is 83.1 Å². The van der Waals surface area contributed by atoms with Crippen LogP contribution in [0.3, 0.4) is 0 Å². The Labute approximate surface area is 232 Å². The van der Waals surface area contributed by atoms with Crippen molar-refractivity contribution < 1.29 is 36.4 Å². The average molecular weight is 594 g/mol. The number of rotatable bonds is 13. The third-order valence-electron chi connectivity index (χ3n) is 5.34. The van der Waals surface area contributed by atoms with Crippen molar-refractivity contribution in [2.45, 2.75) is 74.3 Å². The second kappa shape index (κ2) is 14.1. The Kier molecular flexibility index (Phi) is 12.1. The van der Waals surface area contributed by atoms with E-state index >= 15 is 0 Å². The van der Waals surface area contributed by atoms with Crippen LogP contribution in [0.1, 0.15) is 58.1 Å². The number of carbonyl (C=O) groups is 1. The SMILES string of the molecule is COP(=O)(OC)OC[C@@](C)(CCCc1ccc(Sc2cccc(C(F)F)c2)cc1Cl)NC(=O)OC(C)(C)C. The molecule has 0 radical (unpaired) electrons. The molecule has 0 saturated heterocycles. The van der Waals surface area contributed by atoms with E-state index in [0.717, 1.165) is 10.5 Å². The number of halogens is 3. The van der Waals surface area contributed by atoms with E-state index in [1.165, 1.54) is 38.1 Å². The Balaban J connectivity index is 2.07. The molecule has 1 N–H and O–H groups in total. The standard InChI is InChI=1S/C26H35ClF2NO6PS/c1-25(2,3)36-24(31)30-26(4,17-35-37(32,33-5)34-6)14-8-10-18-12-13-21(16-22(18)27)38-20-11-7-9-19(15-20)23(28)29/h7,9,11-13,15-16,23H,8,10,14,17H2,1-6H3,(H,30,31)/t26-/m1/s1. The quantitative estimate of drug-likeness (QED) is 0.233. The van der Waals surface area contributed by atoms with Crippen LogP contribution in [0.5, 0.6) is 0 Å². The normalized spacial score (nSPS) is 13.8. The zero-order chi connectivity index (χ0) is 28.6. The van der Waals surface area contributed by atoms with E-state index in [-0.39, 0.29) is 12.2 Å². The number of phosphoric acid groups is 1. The van der Waals surface area contributed by atoms with E-state index in [2.05, 4.69) is 5.32 Å². The highest BCUT2D eigenvalue weighted by atomic mass is 35.5. The molecule has 0 heterocycles. The van der Waals surface area contributed by atoms with E-state index < -0.39 is 31.5 Å². The summed E-state index contributed by atoms with van der Waals surface area (Å²) in [6.45, 7) is 6.87. The lowest BCUT2D eigenvalue weighted by Gasteiger charge is -2.32.